The van der Waals surface area contributed by atoms with Crippen LogP contribution in [0.2, 0.25) is 0 Å². The van der Waals surface area contributed by atoms with Gasteiger partial charge in [-0.05, 0) is 74.6 Å². The lowest BCUT2D eigenvalue weighted by atomic mass is 9.90. The predicted octanol–water partition coefficient (Wildman–Crippen LogP) is 3.34. The highest BCUT2D eigenvalue weighted by Crippen LogP contribution is 2.37. The van der Waals surface area contributed by atoms with E-state index in [0.29, 0.717) is 35.8 Å². The second-order valence-corrected chi connectivity index (χ2v) is 8.36. The van der Waals surface area contributed by atoms with Crippen molar-refractivity contribution >= 4 is 17.7 Å². The van der Waals surface area contributed by atoms with Crippen molar-refractivity contribution in [3.05, 3.63) is 57.6 Å². The lowest BCUT2D eigenvalue weighted by Crippen LogP contribution is -2.41. The minimum absolute atomic E-state index is 0.256. The van der Waals surface area contributed by atoms with E-state index in [1.54, 1.807) is 25.1 Å². The number of nitrogens with one attached hydrogen (secondary N) is 1. The fourth-order valence-electron chi connectivity index (χ4n) is 4.33. The van der Waals surface area contributed by atoms with Crippen molar-refractivity contribution < 1.29 is 23.9 Å². The van der Waals surface area contributed by atoms with Gasteiger partial charge in [-0.2, -0.15) is 0 Å². The number of Topliss-reactive ketones (excluding diaryl/α,β-unsaturated/α-hetero) is 1. The monoisotopic (exact) mass is 422 g/mol. The summed E-state index contributed by atoms with van der Waals surface area (Å²) in [5.74, 6) is 0.403. The first-order chi connectivity index (χ1) is 14.6. The lowest BCUT2D eigenvalue weighted by molar-refractivity contribution is -0.130. The van der Waals surface area contributed by atoms with Crippen molar-refractivity contribution in [2.45, 2.75) is 40.2 Å². The van der Waals surface area contributed by atoms with Crippen LogP contribution in [0, 0.1) is 27.7 Å². The van der Waals surface area contributed by atoms with E-state index in [9.17, 15) is 14.4 Å². The zero-order chi connectivity index (χ0) is 22.5. The van der Waals surface area contributed by atoms with Gasteiger partial charge < -0.3 is 14.8 Å². The molecule has 2 heterocycles. The Morgan fingerprint density at radius 2 is 1.68 bits per heavy atom. The third kappa shape index (κ3) is 3.34. The Kier molecular flexibility index (Phi) is 5.00. The van der Waals surface area contributed by atoms with Gasteiger partial charge in [-0.15, -0.1) is 0 Å². The fourth-order valence-corrected chi connectivity index (χ4v) is 4.33. The Labute approximate surface area is 181 Å². The number of nitrogens with zero attached hydrogens (tertiary/aromatic N) is 1. The first-order valence-electron chi connectivity index (χ1n) is 10.3. The van der Waals surface area contributed by atoms with Gasteiger partial charge in [0.25, 0.3) is 5.91 Å². The summed E-state index contributed by atoms with van der Waals surface area (Å²) < 4.78 is 11.1. The Bertz CT molecular complexity index is 1120. The number of hydrogen-bond donors (Lipinski definition) is 1. The smallest absolute Gasteiger partial charge is 0.325 e. The first kappa shape index (κ1) is 20.9. The molecule has 0 radical (unpaired) electrons. The van der Waals surface area contributed by atoms with Gasteiger partial charge in [-0.3, -0.25) is 14.5 Å². The highest BCUT2D eigenvalue weighted by atomic mass is 16.6. The maximum atomic E-state index is 13.3. The number of benzene rings is 2. The van der Waals surface area contributed by atoms with Gasteiger partial charge >= 0.3 is 6.03 Å². The van der Waals surface area contributed by atoms with Crippen molar-refractivity contribution in [2.24, 2.45) is 0 Å². The summed E-state index contributed by atoms with van der Waals surface area (Å²) in [7, 11) is 0. The second kappa shape index (κ2) is 7.41. The van der Waals surface area contributed by atoms with Crippen LogP contribution in [-0.4, -0.2) is 42.4 Å². The van der Waals surface area contributed by atoms with Gasteiger partial charge in [0.2, 0.25) is 0 Å². The maximum Gasteiger partial charge on any atom is 0.325 e. The largest absolute Gasteiger partial charge is 0.486 e. The molecular weight excluding hydrogens is 396 g/mol. The molecular formula is C24H26N2O5. The average Bonchev–Trinajstić information content (AvgIpc) is 2.95. The standard InChI is InChI=1S/C24H26N2O5/c1-13-10-14(2)21(16(4)15(13)3)18(27)12-26-22(28)24(5,25-23(26)29)17-6-7-19-20(11-17)31-9-8-30-19/h6-7,10-11H,8-9,12H2,1-5H3,(H,25,29)/t24-/m0/s1. The summed E-state index contributed by atoms with van der Waals surface area (Å²) in [6.45, 7) is 9.94. The molecule has 1 N–H and O–H groups in total. The topological polar surface area (TPSA) is 84.9 Å². The van der Waals surface area contributed by atoms with Gasteiger partial charge in [0.05, 0.1) is 6.54 Å². The molecule has 2 aromatic rings. The molecule has 0 saturated carbocycles. The van der Waals surface area contributed by atoms with Crippen molar-refractivity contribution in [1.82, 2.24) is 10.2 Å². The zero-order valence-corrected chi connectivity index (χ0v) is 18.4. The molecule has 1 saturated heterocycles. The molecule has 7 heteroatoms. The Morgan fingerprint density at radius 1 is 1.00 bits per heavy atom. The van der Waals surface area contributed by atoms with E-state index in [2.05, 4.69) is 5.32 Å². The summed E-state index contributed by atoms with van der Waals surface area (Å²) in [4.78, 5) is 40.1. The minimum Gasteiger partial charge on any atom is -0.486 e. The number of hydrogen-bond acceptors (Lipinski definition) is 5. The first-order valence-corrected chi connectivity index (χ1v) is 10.3. The number of urea groups is 1. The normalized spacial score (nSPS) is 20.1. The molecule has 2 aliphatic rings. The van der Waals surface area contributed by atoms with Gasteiger partial charge in [0, 0.05) is 5.56 Å². The van der Waals surface area contributed by atoms with E-state index in [4.69, 9.17) is 9.47 Å². The number of ether oxygens (including phenoxy) is 2. The third-order valence-corrected chi connectivity index (χ3v) is 6.33. The van der Waals surface area contributed by atoms with Crippen LogP contribution in [0.5, 0.6) is 11.5 Å². The molecule has 0 unspecified atom stereocenters. The molecule has 0 aliphatic carbocycles. The van der Waals surface area contributed by atoms with Gasteiger partial charge in [0.1, 0.15) is 18.8 Å². The van der Waals surface area contributed by atoms with Crippen molar-refractivity contribution in [1.29, 1.82) is 0 Å². The van der Waals surface area contributed by atoms with Gasteiger partial charge in [-0.1, -0.05) is 12.1 Å². The number of fused-ring (bicyclic) bond motifs is 1. The molecule has 2 aromatic carbocycles. The quantitative estimate of drug-likeness (QED) is 0.603. The van der Waals surface area contributed by atoms with E-state index in [1.807, 2.05) is 33.8 Å². The minimum atomic E-state index is -1.29. The number of carbonyl (C=O) groups excluding carboxylic acids is 3. The van der Waals surface area contributed by atoms with Gasteiger partial charge in [-0.25, -0.2) is 4.79 Å². The highest BCUT2D eigenvalue weighted by Gasteiger charge is 2.50. The molecule has 0 bridgehead atoms. The molecule has 1 fully saturated rings. The van der Waals surface area contributed by atoms with E-state index >= 15 is 0 Å². The molecule has 4 rings (SSSR count). The van der Waals surface area contributed by atoms with Crippen molar-refractivity contribution in [3.8, 4) is 11.5 Å². The van der Waals surface area contributed by atoms with Crippen LogP contribution >= 0.6 is 0 Å². The summed E-state index contributed by atoms with van der Waals surface area (Å²) >= 11 is 0. The fraction of sp³-hybridized carbons (Fsp3) is 0.375. The van der Waals surface area contributed by atoms with Crippen LogP contribution in [0.3, 0.4) is 0 Å². The zero-order valence-electron chi connectivity index (χ0n) is 18.4. The van der Waals surface area contributed by atoms with E-state index < -0.39 is 17.5 Å². The third-order valence-electron chi connectivity index (χ3n) is 6.33. The highest BCUT2D eigenvalue weighted by molar-refractivity contribution is 6.12. The Morgan fingerprint density at radius 3 is 2.39 bits per heavy atom. The number of imide groups is 1. The summed E-state index contributed by atoms with van der Waals surface area (Å²) in [5, 5.41) is 2.75. The van der Waals surface area contributed by atoms with Crippen LogP contribution in [0.4, 0.5) is 4.79 Å². The molecule has 0 spiro atoms. The average molecular weight is 422 g/mol. The molecule has 162 valence electrons. The van der Waals surface area contributed by atoms with Crippen LogP contribution in [0.15, 0.2) is 24.3 Å². The van der Waals surface area contributed by atoms with E-state index in [1.165, 1.54) is 0 Å². The number of rotatable bonds is 4. The van der Waals surface area contributed by atoms with E-state index in [0.717, 1.165) is 27.2 Å². The Hall–Kier alpha value is -3.35. The molecule has 3 amide bonds. The number of aryl methyl sites for hydroxylation is 2. The second-order valence-electron chi connectivity index (χ2n) is 8.36. The summed E-state index contributed by atoms with van der Waals surface area (Å²) in [5.41, 5.74) is 3.71. The molecule has 2 aliphatic heterocycles. The van der Waals surface area contributed by atoms with Crippen LogP contribution in [0.25, 0.3) is 0 Å². The Balaban J connectivity index is 1.62. The molecule has 0 aromatic heterocycles. The van der Waals surface area contributed by atoms with E-state index in [-0.39, 0.29) is 12.3 Å². The number of ketones is 1. The summed E-state index contributed by atoms with van der Waals surface area (Å²) in [6, 6.07) is 6.53. The van der Waals surface area contributed by atoms with Crippen molar-refractivity contribution in [2.75, 3.05) is 19.8 Å². The molecule has 1 atom stereocenters. The SMILES string of the molecule is Cc1cc(C)c(C(=O)CN2C(=O)N[C@@](C)(c3ccc4c(c3)OCCO4)C2=O)c(C)c1C. The van der Waals surface area contributed by atoms with Crippen LogP contribution < -0.4 is 14.8 Å². The van der Waals surface area contributed by atoms with Crippen LogP contribution in [0.1, 0.15) is 45.1 Å². The number of carbonyl (C=O) groups is 3. The van der Waals surface area contributed by atoms with Gasteiger partial charge in [0.15, 0.2) is 17.3 Å². The van der Waals surface area contributed by atoms with Crippen LogP contribution in [-0.2, 0) is 10.3 Å². The number of amides is 3. The molecule has 31 heavy (non-hydrogen) atoms. The maximum absolute atomic E-state index is 13.3. The summed E-state index contributed by atoms with van der Waals surface area (Å²) in [6.07, 6.45) is 0. The molecule has 7 nitrogen and oxygen atoms in total. The van der Waals surface area contributed by atoms with Crippen molar-refractivity contribution in [3.63, 3.8) is 0 Å². The lowest BCUT2D eigenvalue weighted by Gasteiger charge is -2.25. The predicted molar refractivity (Wildman–Crippen MR) is 115 cm³/mol.